The van der Waals surface area contributed by atoms with E-state index in [1.54, 1.807) is 24.3 Å². The van der Waals surface area contributed by atoms with Crippen LogP contribution in [0, 0.1) is 0 Å². The number of carbonyl (C=O) groups is 1. The van der Waals surface area contributed by atoms with Gasteiger partial charge in [0.15, 0.2) is 17.3 Å². The Morgan fingerprint density at radius 1 is 0.808 bits per heavy atom. The molecule has 3 heteroatoms. The molecule has 0 aromatic heterocycles. The summed E-state index contributed by atoms with van der Waals surface area (Å²) >= 11 is 0. The summed E-state index contributed by atoms with van der Waals surface area (Å²) in [7, 11) is 0. The lowest BCUT2D eigenvalue weighted by atomic mass is 10.0. The first kappa shape index (κ1) is 17.7. The zero-order valence-corrected chi connectivity index (χ0v) is 14.9. The highest BCUT2D eigenvalue weighted by Crippen LogP contribution is 2.23. The molecular formula is C23H22O3. The lowest BCUT2D eigenvalue weighted by molar-refractivity contribution is -0.100. The highest BCUT2D eigenvalue weighted by Gasteiger charge is 2.15. The van der Waals surface area contributed by atoms with Crippen molar-refractivity contribution in [2.24, 2.45) is 0 Å². The predicted octanol–water partition coefficient (Wildman–Crippen LogP) is 5.63. The summed E-state index contributed by atoms with van der Waals surface area (Å²) < 4.78 is 0. The number of hydrogen-bond donors (Lipinski definition) is 0. The number of aryl methyl sites for hydroxylation is 1. The summed E-state index contributed by atoms with van der Waals surface area (Å²) in [6.45, 7) is 2.18. The Morgan fingerprint density at radius 3 is 2.23 bits per heavy atom. The van der Waals surface area contributed by atoms with E-state index < -0.39 is 0 Å². The van der Waals surface area contributed by atoms with E-state index in [4.69, 9.17) is 9.78 Å². The van der Waals surface area contributed by atoms with Crippen LogP contribution in [0.4, 0.5) is 0 Å². The van der Waals surface area contributed by atoms with E-state index in [9.17, 15) is 4.79 Å². The normalized spacial score (nSPS) is 10.3. The summed E-state index contributed by atoms with van der Waals surface area (Å²) in [5.74, 6) is 0.906. The average molecular weight is 346 g/mol. The minimum atomic E-state index is -0.0975. The average Bonchev–Trinajstić information content (AvgIpc) is 2.72. The number of para-hydroxylation sites is 1. The first-order chi connectivity index (χ1) is 12.8. The van der Waals surface area contributed by atoms with Crippen molar-refractivity contribution in [1.82, 2.24) is 0 Å². The van der Waals surface area contributed by atoms with E-state index in [1.807, 2.05) is 54.6 Å². The van der Waals surface area contributed by atoms with Gasteiger partial charge in [0.1, 0.15) is 0 Å². The molecule has 0 radical (unpaired) electrons. The largest absolute Gasteiger partial charge is 0.290 e. The third-order valence-electron chi connectivity index (χ3n) is 4.14. The van der Waals surface area contributed by atoms with Crippen molar-refractivity contribution in [2.75, 3.05) is 0 Å². The van der Waals surface area contributed by atoms with Gasteiger partial charge in [0.2, 0.25) is 0 Å². The van der Waals surface area contributed by atoms with E-state index >= 15 is 0 Å². The van der Waals surface area contributed by atoms with Gasteiger partial charge in [-0.2, -0.15) is 0 Å². The third kappa shape index (κ3) is 4.51. The first-order valence-electron chi connectivity index (χ1n) is 8.90. The van der Waals surface area contributed by atoms with Gasteiger partial charge in [-0.1, -0.05) is 67.9 Å². The Hall–Kier alpha value is -3.07. The SMILES string of the molecule is CCCCc1ccc(OOc2ccccc2C(=O)c2ccccc2)cc1. The molecule has 0 saturated carbocycles. The van der Waals surface area contributed by atoms with Gasteiger partial charge in [-0.15, -0.1) is 0 Å². The molecule has 0 fully saturated rings. The molecule has 0 aliphatic rings. The number of hydrogen-bond acceptors (Lipinski definition) is 3. The van der Waals surface area contributed by atoms with Gasteiger partial charge in [0.05, 0.1) is 5.56 Å². The van der Waals surface area contributed by atoms with Crippen LogP contribution < -0.4 is 9.78 Å². The fourth-order valence-electron chi connectivity index (χ4n) is 2.66. The molecule has 0 heterocycles. The molecule has 0 amide bonds. The van der Waals surface area contributed by atoms with Crippen molar-refractivity contribution >= 4 is 5.78 Å². The van der Waals surface area contributed by atoms with Crippen molar-refractivity contribution in [2.45, 2.75) is 26.2 Å². The van der Waals surface area contributed by atoms with Gasteiger partial charge in [0.25, 0.3) is 0 Å². The predicted molar refractivity (Wildman–Crippen MR) is 103 cm³/mol. The number of unbranched alkanes of at least 4 members (excludes halogenated alkanes) is 1. The molecule has 0 unspecified atom stereocenters. The molecule has 0 bridgehead atoms. The second-order valence-corrected chi connectivity index (χ2v) is 6.11. The molecule has 132 valence electrons. The molecule has 0 atom stereocenters. The van der Waals surface area contributed by atoms with Crippen LogP contribution in [0.5, 0.6) is 11.5 Å². The minimum absolute atomic E-state index is 0.0975. The van der Waals surface area contributed by atoms with Crippen LogP contribution in [0.1, 0.15) is 41.3 Å². The third-order valence-corrected chi connectivity index (χ3v) is 4.14. The number of benzene rings is 3. The van der Waals surface area contributed by atoms with Crippen LogP contribution in [0.15, 0.2) is 78.9 Å². The minimum Gasteiger partial charge on any atom is -0.290 e. The fraction of sp³-hybridized carbons (Fsp3) is 0.174. The van der Waals surface area contributed by atoms with Crippen LogP contribution in [-0.2, 0) is 6.42 Å². The Kier molecular flexibility index (Phi) is 6.05. The molecule has 0 aliphatic carbocycles. The van der Waals surface area contributed by atoms with Crippen LogP contribution >= 0.6 is 0 Å². The Labute approximate surface area is 154 Å². The summed E-state index contributed by atoms with van der Waals surface area (Å²) in [5, 5.41) is 0. The maximum absolute atomic E-state index is 12.7. The monoisotopic (exact) mass is 346 g/mol. The highest BCUT2D eigenvalue weighted by molar-refractivity contribution is 6.10. The van der Waals surface area contributed by atoms with Crippen molar-refractivity contribution in [3.63, 3.8) is 0 Å². The zero-order valence-electron chi connectivity index (χ0n) is 14.9. The van der Waals surface area contributed by atoms with E-state index in [0.29, 0.717) is 22.6 Å². The summed E-state index contributed by atoms with van der Waals surface area (Å²) in [6.07, 6.45) is 3.41. The van der Waals surface area contributed by atoms with Crippen LogP contribution in [0.25, 0.3) is 0 Å². The molecule has 0 N–H and O–H groups in total. The molecule has 0 saturated heterocycles. The Balaban J connectivity index is 1.70. The van der Waals surface area contributed by atoms with E-state index in [0.717, 1.165) is 6.42 Å². The zero-order chi connectivity index (χ0) is 18.2. The molecule has 0 spiro atoms. The van der Waals surface area contributed by atoms with E-state index in [1.165, 1.54) is 18.4 Å². The molecule has 3 aromatic carbocycles. The summed E-state index contributed by atoms with van der Waals surface area (Å²) in [6, 6.07) is 24.1. The molecule has 3 aromatic rings. The highest BCUT2D eigenvalue weighted by atomic mass is 17.2. The lowest BCUT2D eigenvalue weighted by Crippen LogP contribution is -2.08. The van der Waals surface area contributed by atoms with Crippen molar-refractivity contribution < 1.29 is 14.6 Å². The maximum Gasteiger partial charge on any atom is 0.196 e. The Bertz CT molecular complexity index is 839. The standard InChI is InChI=1S/C23H22O3/c1-2-3-9-18-14-16-20(17-15-18)25-26-22-13-8-7-12-21(22)23(24)19-10-5-4-6-11-19/h4-8,10-17H,2-3,9H2,1H3. The lowest BCUT2D eigenvalue weighted by Gasteiger charge is -2.10. The second kappa shape index (κ2) is 8.86. The van der Waals surface area contributed by atoms with Crippen LogP contribution in [0.2, 0.25) is 0 Å². The fourth-order valence-corrected chi connectivity index (χ4v) is 2.66. The molecule has 3 rings (SSSR count). The number of carbonyl (C=O) groups excluding carboxylic acids is 1. The molecule has 3 nitrogen and oxygen atoms in total. The van der Waals surface area contributed by atoms with Gasteiger partial charge in [-0.3, -0.25) is 14.6 Å². The summed E-state index contributed by atoms with van der Waals surface area (Å²) in [4.78, 5) is 23.6. The van der Waals surface area contributed by atoms with E-state index in [2.05, 4.69) is 6.92 Å². The first-order valence-corrected chi connectivity index (χ1v) is 8.90. The summed E-state index contributed by atoms with van der Waals surface area (Å²) in [5.41, 5.74) is 2.36. The number of ketones is 1. The van der Waals surface area contributed by atoms with Gasteiger partial charge in [-0.05, 0) is 42.7 Å². The topological polar surface area (TPSA) is 35.5 Å². The second-order valence-electron chi connectivity index (χ2n) is 6.11. The van der Waals surface area contributed by atoms with Gasteiger partial charge in [0, 0.05) is 5.56 Å². The molecular weight excluding hydrogens is 324 g/mol. The van der Waals surface area contributed by atoms with Gasteiger partial charge >= 0.3 is 0 Å². The quantitative estimate of drug-likeness (QED) is 0.301. The van der Waals surface area contributed by atoms with Crippen molar-refractivity contribution in [3.8, 4) is 11.5 Å². The smallest absolute Gasteiger partial charge is 0.196 e. The van der Waals surface area contributed by atoms with Gasteiger partial charge in [-0.25, -0.2) is 0 Å². The molecule has 26 heavy (non-hydrogen) atoms. The maximum atomic E-state index is 12.7. The van der Waals surface area contributed by atoms with Crippen molar-refractivity contribution in [1.29, 1.82) is 0 Å². The van der Waals surface area contributed by atoms with Crippen molar-refractivity contribution in [3.05, 3.63) is 95.6 Å². The van der Waals surface area contributed by atoms with Gasteiger partial charge < -0.3 is 0 Å². The van der Waals surface area contributed by atoms with Crippen LogP contribution in [-0.4, -0.2) is 5.78 Å². The Morgan fingerprint density at radius 2 is 1.50 bits per heavy atom. The number of rotatable bonds is 8. The van der Waals surface area contributed by atoms with Crippen LogP contribution in [0.3, 0.4) is 0 Å². The molecule has 0 aliphatic heterocycles. The van der Waals surface area contributed by atoms with E-state index in [-0.39, 0.29) is 5.78 Å².